The Morgan fingerprint density at radius 2 is 2.11 bits per heavy atom. The third-order valence-corrected chi connectivity index (χ3v) is 7.41. The molecule has 0 unspecified atom stereocenters. The zero-order chi connectivity index (χ0) is 20.0. The fourth-order valence-electron chi connectivity index (χ4n) is 3.77. The first-order chi connectivity index (χ1) is 13.5. The minimum Gasteiger partial charge on any atom is -0.493 e. The molecule has 156 valence electrons. The lowest BCUT2D eigenvalue weighted by Crippen LogP contribution is -2.50. The zero-order valence-corrected chi connectivity index (χ0v) is 17.7. The number of fused-ring (bicyclic) bond motifs is 1. The number of nitrogens with zero attached hydrogens (tertiary/aromatic N) is 2. The first kappa shape index (κ1) is 20.9. The van der Waals surface area contributed by atoms with E-state index in [2.05, 4.69) is 33.8 Å². The Morgan fingerprint density at radius 1 is 1.32 bits per heavy atom. The van der Waals surface area contributed by atoms with Crippen LogP contribution >= 0.6 is 0 Å². The van der Waals surface area contributed by atoms with Crippen molar-refractivity contribution in [1.29, 1.82) is 0 Å². The molecule has 0 radical (unpaired) electrons. The van der Waals surface area contributed by atoms with Crippen molar-refractivity contribution in [3.63, 3.8) is 0 Å². The summed E-state index contributed by atoms with van der Waals surface area (Å²) in [6, 6.07) is 6.66. The Bertz CT molecular complexity index is 787. The van der Waals surface area contributed by atoms with Crippen LogP contribution in [0.15, 0.2) is 23.2 Å². The minimum atomic E-state index is -3.09. The Labute approximate surface area is 168 Å². The summed E-state index contributed by atoms with van der Waals surface area (Å²) < 4.78 is 31.5. The molecule has 0 saturated carbocycles. The standard InChI is InChI=1S/C20H32N4O3S/c1-3-14-28(25,26)24-11-7-18(8-12-24)23-20(21-2)22-10-6-16-4-5-19-17(15-16)9-13-27-19/h4-5,15,18H,3,6-14H2,1-2H3,(H2,21,22,23). The summed E-state index contributed by atoms with van der Waals surface area (Å²) in [6.07, 6.45) is 4.17. The minimum absolute atomic E-state index is 0.239. The highest BCUT2D eigenvalue weighted by Gasteiger charge is 2.27. The summed E-state index contributed by atoms with van der Waals surface area (Å²) in [5.74, 6) is 2.03. The van der Waals surface area contributed by atoms with E-state index in [9.17, 15) is 8.42 Å². The molecule has 0 atom stereocenters. The maximum Gasteiger partial charge on any atom is 0.214 e. The van der Waals surface area contributed by atoms with E-state index in [1.807, 2.05) is 6.92 Å². The molecule has 1 aromatic rings. The second kappa shape index (κ2) is 9.60. The Kier molecular flexibility index (Phi) is 7.18. The van der Waals surface area contributed by atoms with Gasteiger partial charge >= 0.3 is 0 Å². The van der Waals surface area contributed by atoms with Gasteiger partial charge in [-0.1, -0.05) is 19.1 Å². The van der Waals surface area contributed by atoms with Gasteiger partial charge in [0.25, 0.3) is 0 Å². The van der Waals surface area contributed by atoms with E-state index < -0.39 is 10.0 Å². The first-order valence-electron chi connectivity index (χ1n) is 10.2. The Morgan fingerprint density at radius 3 is 2.82 bits per heavy atom. The molecule has 0 spiro atoms. The van der Waals surface area contributed by atoms with Crippen molar-refractivity contribution in [2.24, 2.45) is 4.99 Å². The van der Waals surface area contributed by atoms with Crippen molar-refractivity contribution >= 4 is 16.0 Å². The number of aliphatic imine (C=N–C) groups is 1. The maximum absolute atomic E-state index is 12.2. The van der Waals surface area contributed by atoms with Gasteiger partial charge in [0.05, 0.1) is 12.4 Å². The number of piperidine rings is 1. The molecule has 2 N–H and O–H groups in total. The molecule has 2 aliphatic rings. The SMILES string of the molecule is CCCS(=O)(=O)N1CCC(NC(=NC)NCCc2ccc3c(c2)CCO3)CC1. The fourth-order valence-corrected chi connectivity index (χ4v) is 5.32. The van der Waals surface area contributed by atoms with E-state index in [1.165, 1.54) is 11.1 Å². The summed E-state index contributed by atoms with van der Waals surface area (Å²) in [7, 11) is -1.32. The molecule has 7 nitrogen and oxygen atoms in total. The summed E-state index contributed by atoms with van der Waals surface area (Å²) in [4.78, 5) is 4.31. The quantitative estimate of drug-likeness (QED) is 0.528. The third kappa shape index (κ3) is 5.38. The summed E-state index contributed by atoms with van der Waals surface area (Å²) >= 11 is 0. The smallest absolute Gasteiger partial charge is 0.214 e. The predicted octanol–water partition coefficient (Wildman–Crippen LogP) is 1.53. The highest BCUT2D eigenvalue weighted by atomic mass is 32.2. The van der Waals surface area contributed by atoms with Crippen molar-refractivity contribution in [2.75, 3.05) is 39.0 Å². The second-order valence-electron chi connectivity index (χ2n) is 7.42. The highest BCUT2D eigenvalue weighted by Crippen LogP contribution is 2.25. The monoisotopic (exact) mass is 408 g/mol. The van der Waals surface area contributed by atoms with Crippen LogP contribution in [0.3, 0.4) is 0 Å². The zero-order valence-electron chi connectivity index (χ0n) is 16.9. The largest absolute Gasteiger partial charge is 0.493 e. The van der Waals surface area contributed by atoms with Crippen LogP contribution in [-0.2, 0) is 22.9 Å². The molecule has 3 rings (SSSR count). The number of guanidine groups is 1. The molecule has 28 heavy (non-hydrogen) atoms. The summed E-state index contributed by atoms with van der Waals surface area (Å²) in [5.41, 5.74) is 2.59. The number of benzene rings is 1. The molecule has 0 amide bonds. The summed E-state index contributed by atoms with van der Waals surface area (Å²) in [5, 5.41) is 6.81. The molecule has 2 heterocycles. The van der Waals surface area contributed by atoms with Gasteiger partial charge in [0, 0.05) is 39.1 Å². The molecule has 0 aliphatic carbocycles. The van der Waals surface area contributed by atoms with Gasteiger partial charge in [0.1, 0.15) is 5.75 Å². The molecule has 1 aromatic carbocycles. The van der Waals surface area contributed by atoms with Crippen LogP contribution in [0.2, 0.25) is 0 Å². The van der Waals surface area contributed by atoms with Crippen LogP contribution in [0.5, 0.6) is 5.75 Å². The third-order valence-electron chi connectivity index (χ3n) is 5.33. The van der Waals surface area contributed by atoms with Gasteiger partial charge < -0.3 is 15.4 Å². The van der Waals surface area contributed by atoms with Gasteiger partial charge in [-0.05, 0) is 42.9 Å². The van der Waals surface area contributed by atoms with Gasteiger partial charge in [-0.15, -0.1) is 0 Å². The molecule has 0 aromatic heterocycles. The number of sulfonamides is 1. The Hall–Kier alpha value is -1.80. The van der Waals surface area contributed by atoms with Crippen molar-refractivity contribution < 1.29 is 13.2 Å². The molecular formula is C20H32N4O3S. The van der Waals surface area contributed by atoms with Crippen molar-refractivity contribution in [2.45, 2.75) is 45.1 Å². The summed E-state index contributed by atoms with van der Waals surface area (Å²) in [6.45, 7) is 4.63. The fraction of sp³-hybridized carbons (Fsp3) is 0.650. The first-order valence-corrected chi connectivity index (χ1v) is 11.8. The lowest BCUT2D eigenvalue weighted by atomic mass is 10.1. The van der Waals surface area contributed by atoms with Gasteiger partial charge in [0.15, 0.2) is 5.96 Å². The Balaban J connectivity index is 1.42. The normalized spacial score (nSPS) is 18.6. The molecular weight excluding hydrogens is 376 g/mol. The van der Waals surface area contributed by atoms with Gasteiger partial charge in [-0.2, -0.15) is 0 Å². The average molecular weight is 409 g/mol. The van der Waals surface area contributed by atoms with E-state index in [0.29, 0.717) is 19.5 Å². The van der Waals surface area contributed by atoms with E-state index in [4.69, 9.17) is 4.74 Å². The van der Waals surface area contributed by atoms with Crippen LogP contribution in [0.4, 0.5) is 0 Å². The number of hydrogen-bond donors (Lipinski definition) is 2. The average Bonchev–Trinajstić information content (AvgIpc) is 3.15. The van der Waals surface area contributed by atoms with E-state index >= 15 is 0 Å². The van der Waals surface area contributed by atoms with E-state index in [-0.39, 0.29) is 11.8 Å². The van der Waals surface area contributed by atoms with Gasteiger partial charge in [0.2, 0.25) is 10.0 Å². The van der Waals surface area contributed by atoms with Gasteiger partial charge in [-0.3, -0.25) is 4.99 Å². The lowest BCUT2D eigenvalue weighted by Gasteiger charge is -2.32. The van der Waals surface area contributed by atoms with Crippen LogP contribution in [-0.4, -0.2) is 63.8 Å². The predicted molar refractivity (Wildman–Crippen MR) is 113 cm³/mol. The molecule has 1 saturated heterocycles. The van der Waals surface area contributed by atoms with E-state index in [0.717, 1.165) is 50.5 Å². The highest BCUT2D eigenvalue weighted by molar-refractivity contribution is 7.89. The van der Waals surface area contributed by atoms with Crippen LogP contribution in [0.25, 0.3) is 0 Å². The van der Waals surface area contributed by atoms with Crippen molar-refractivity contribution in [1.82, 2.24) is 14.9 Å². The van der Waals surface area contributed by atoms with Gasteiger partial charge in [-0.25, -0.2) is 12.7 Å². The molecule has 0 bridgehead atoms. The van der Waals surface area contributed by atoms with Crippen LogP contribution in [0.1, 0.15) is 37.3 Å². The van der Waals surface area contributed by atoms with Crippen LogP contribution in [0, 0.1) is 0 Å². The number of nitrogens with one attached hydrogen (secondary N) is 2. The number of ether oxygens (including phenoxy) is 1. The van der Waals surface area contributed by atoms with Crippen molar-refractivity contribution in [3.05, 3.63) is 29.3 Å². The van der Waals surface area contributed by atoms with Crippen molar-refractivity contribution in [3.8, 4) is 5.75 Å². The van der Waals surface area contributed by atoms with Crippen LogP contribution < -0.4 is 15.4 Å². The number of hydrogen-bond acceptors (Lipinski definition) is 4. The molecule has 8 heteroatoms. The second-order valence-corrected chi connectivity index (χ2v) is 9.51. The molecule has 2 aliphatic heterocycles. The number of rotatable bonds is 7. The maximum atomic E-state index is 12.2. The lowest BCUT2D eigenvalue weighted by molar-refractivity contribution is 0.306. The topological polar surface area (TPSA) is 83.0 Å². The molecule has 1 fully saturated rings. The van der Waals surface area contributed by atoms with E-state index in [1.54, 1.807) is 11.4 Å².